The fourth-order valence-corrected chi connectivity index (χ4v) is 4.10. The summed E-state index contributed by atoms with van der Waals surface area (Å²) >= 11 is 0. The molecule has 0 saturated heterocycles. The molecular weight excluding hydrogens is 430 g/mol. The third-order valence-electron chi connectivity index (χ3n) is 5.97. The Morgan fingerprint density at radius 3 is 1.80 bits per heavy atom. The summed E-state index contributed by atoms with van der Waals surface area (Å²) < 4.78 is 2.22. The van der Waals surface area contributed by atoms with E-state index in [4.69, 9.17) is 0 Å². The zero-order chi connectivity index (χ0) is 24.0. The Kier molecular flexibility index (Phi) is 6.35. The molecule has 5 rings (SSSR count). The van der Waals surface area contributed by atoms with Crippen LogP contribution in [-0.4, -0.2) is 16.7 Å². The largest absolute Gasteiger partial charge is 0.309 e. The quantitative estimate of drug-likeness (QED) is 0.220. The summed E-state index contributed by atoms with van der Waals surface area (Å²) in [6, 6.07) is 40.4. The first-order chi connectivity index (χ1) is 17.2. The van der Waals surface area contributed by atoms with Crippen LogP contribution in [0.15, 0.2) is 126 Å². The lowest BCUT2D eigenvalue weighted by atomic mass is 10.1. The topological polar surface area (TPSA) is 46.4 Å². The molecular formula is C31H25N3O. The number of benzene rings is 4. The van der Waals surface area contributed by atoms with E-state index in [-0.39, 0.29) is 5.91 Å². The van der Waals surface area contributed by atoms with Crippen molar-refractivity contribution in [3.63, 3.8) is 0 Å². The molecule has 35 heavy (non-hydrogen) atoms. The minimum atomic E-state index is -0.250. The van der Waals surface area contributed by atoms with Gasteiger partial charge in [-0.15, -0.1) is 0 Å². The van der Waals surface area contributed by atoms with Gasteiger partial charge in [0, 0.05) is 11.3 Å². The molecule has 4 heteroatoms. The van der Waals surface area contributed by atoms with Crippen molar-refractivity contribution in [1.29, 1.82) is 0 Å². The highest BCUT2D eigenvalue weighted by atomic mass is 16.2. The van der Waals surface area contributed by atoms with Crippen LogP contribution in [0.4, 0.5) is 0 Å². The summed E-state index contributed by atoms with van der Waals surface area (Å²) in [6.45, 7) is 2.01. The number of hydrazone groups is 1. The second-order valence-corrected chi connectivity index (χ2v) is 8.27. The monoisotopic (exact) mass is 455 g/mol. The van der Waals surface area contributed by atoms with Gasteiger partial charge in [0.25, 0.3) is 5.91 Å². The van der Waals surface area contributed by atoms with Crippen molar-refractivity contribution in [3.05, 3.63) is 138 Å². The van der Waals surface area contributed by atoms with Gasteiger partial charge in [0.15, 0.2) is 0 Å². The molecule has 0 spiro atoms. The van der Waals surface area contributed by atoms with Crippen molar-refractivity contribution >= 4 is 12.1 Å². The maximum Gasteiger partial charge on any atom is 0.271 e. The number of carbonyl (C=O) groups excluding carboxylic acids is 1. The van der Waals surface area contributed by atoms with Crippen LogP contribution >= 0.6 is 0 Å². The third-order valence-corrected chi connectivity index (χ3v) is 5.97. The molecule has 1 heterocycles. The molecule has 0 radical (unpaired) electrons. The Hall–Kier alpha value is -4.70. The fraction of sp³-hybridized carbons (Fsp3) is 0.0323. The van der Waals surface area contributed by atoms with Gasteiger partial charge in [0.05, 0.1) is 17.6 Å². The van der Waals surface area contributed by atoms with E-state index in [0.29, 0.717) is 5.56 Å². The Balaban J connectivity index is 1.44. The van der Waals surface area contributed by atoms with Crippen LogP contribution in [0.1, 0.15) is 21.5 Å². The van der Waals surface area contributed by atoms with E-state index in [2.05, 4.69) is 51.5 Å². The van der Waals surface area contributed by atoms with Gasteiger partial charge in [0.1, 0.15) is 0 Å². The number of rotatable bonds is 6. The number of amides is 1. The van der Waals surface area contributed by atoms with Crippen LogP contribution in [0.5, 0.6) is 0 Å². The van der Waals surface area contributed by atoms with E-state index in [9.17, 15) is 4.79 Å². The van der Waals surface area contributed by atoms with E-state index in [1.165, 1.54) is 0 Å². The first-order valence-electron chi connectivity index (χ1n) is 11.5. The van der Waals surface area contributed by atoms with E-state index >= 15 is 0 Å². The predicted molar refractivity (Wildman–Crippen MR) is 143 cm³/mol. The molecule has 0 aliphatic rings. The lowest BCUT2D eigenvalue weighted by Crippen LogP contribution is -2.17. The third kappa shape index (κ3) is 4.82. The molecule has 0 unspecified atom stereocenters. The molecule has 0 fully saturated rings. The van der Waals surface area contributed by atoms with Gasteiger partial charge < -0.3 is 4.57 Å². The molecule has 5 aromatic rings. The Morgan fingerprint density at radius 1 is 0.686 bits per heavy atom. The van der Waals surface area contributed by atoms with Gasteiger partial charge in [-0.2, -0.15) is 5.10 Å². The molecule has 0 aliphatic heterocycles. The van der Waals surface area contributed by atoms with Gasteiger partial charge in [-0.05, 0) is 65.6 Å². The SMILES string of the molecule is Cc1ccccc1/C=N\NC(=O)c1ccc(-n2c(-c3ccccc3)ccc2-c2ccccc2)cc1. The second kappa shape index (κ2) is 10.1. The lowest BCUT2D eigenvalue weighted by molar-refractivity contribution is 0.0955. The number of nitrogens with one attached hydrogen (secondary N) is 1. The Morgan fingerprint density at radius 2 is 1.23 bits per heavy atom. The van der Waals surface area contributed by atoms with Crippen LogP contribution in [-0.2, 0) is 0 Å². The zero-order valence-corrected chi connectivity index (χ0v) is 19.4. The highest BCUT2D eigenvalue weighted by molar-refractivity contribution is 5.95. The van der Waals surface area contributed by atoms with Crippen LogP contribution in [0, 0.1) is 6.92 Å². The van der Waals surface area contributed by atoms with Gasteiger partial charge in [0.2, 0.25) is 0 Å². The smallest absolute Gasteiger partial charge is 0.271 e. The highest BCUT2D eigenvalue weighted by Crippen LogP contribution is 2.32. The summed E-state index contributed by atoms with van der Waals surface area (Å²) in [6.07, 6.45) is 1.67. The van der Waals surface area contributed by atoms with Gasteiger partial charge in [-0.1, -0.05) is 84.9 Å². The number of carbonyl (C=O) groups is 1. The van der Waals surface area contributed by atoms with Gasteiger partial charge in [-0.3, -0.25) is 4.79 Å². The number of hydrogen-bond acceptors (Lipinski definition) is 2. The molecule has 170 valence electrons. The van der Waals surface area contributed by atoms with Crippen LogP contribution in [0.3, 0.4) is 0 Å². The van der Waals surface area contributed by atoms with Crippen LogP contribution in [0.2, 0.25) is 0 Å². The van der Waals surface area contributed by atoms with E-state index in [0.717, 1.165) is 39.3 Å². The van der Waals surface area contributed by atoms with Crippen molar-refractivity contribution in [2.24, 2.45) is 5.10 Å². The minimum Gasteiger partial charge on any atom is -0.309 e. The van der Waals surface area contributed by atoms with E-state index in [1.54, 1.807) is 6.21 Å². The Labute approximate surface area is 205 Å². The molecule has 1 amide bonds. The lowest BCUT2D eigenvalue weighted by Gasteiger charge is -2.15. The number of aromatic nitrogens is 1. The average Bonchev–Trinajstić information content (AvgIpc) is 3.36. The molecule has 0 saturated carbocycles. The predicted octanol–water partition coefficient (Wildman–Crippen LogP) is 6.88. The summed E-state index contributed by atoms with van der Waals surface area (Å²) in [4.78, 5) is 12.7. The summed E-state index contributed by atoms with van der Waals surface area (Å²) in [7, 11) is 0. The number of aryl methyl sites for hydroxylation is 1. The van der Waals surface area contributed by atoms with Crippen molar-refractivity contribution in [2.45, 2.75) is 6.92 Å². The normalized spacial score (nSPS) is 11.0. The van der Waals surface area contributed by atoms with Crippen molar-refractivity contribution in [3.8, 4) is 28.2 Å². The maximum atomic E-state index is 12.7. The highest BCUT2D eigenvalue weighted by Gasteiger charge is 2.14. The first kappa shape index (κ1) is 22.1. The van der Waals surface area contributed by atoms with Crippen molar-refractivity contribution in [1.82, 2.24) is 9.99 Å². The molecule has 4 nitrogen and oxygen atoms in total. The van der Waals surface area contributed by atoms with Gasteiger partial charge in [-0.25, -0.2) is 5.43 Å². The van der Waals surface area contributed by atoms with Crippen molar-refractivity contribution in [2.75, 3.05) is 0 Å². The first-order valence-corrected chi connectivity index (χ1v) is 11.5. The Bertz CT molecular complexity index is 1410. The van der Waals surface area contributed by atoms with E-state index in [1.807, 2.05) is 91.9 Å². The van der Waals surface area contributed by atoms with E-state index < -0.39 is 0 Å². The molecule has 0 aliphatic carbocycles. The summed E-state index contributed by atoms with van der Waals surface area (Å²) in [5.41, 5.74) is 10.7. The number of nitrogens with zero attached hydrogens (tertiary/aromatic N) is 2. The summed E-state index contributed by atoms with van der Waals surface area (Å²) in [5, 5.41) is 4.13. The molecule has 1 aromatic heterocycles. The van der Waals surface area contributed by atoms with Crippen LogP contribution < -0.4 is 5.43 Å². The standard InChI is InChI=1S/C31H25N3O/c1-23-10-8-9-15-27(23)22-32-33-31(35)26-16-18-28(19-17-26)34-29(24-11-4-2-5-12-24)20-21-30(34)25-13-6-3-7-14-25/h2-22H,1H3,(H,33,35)/b32-22-. The second-order valence-electron chi connectivity index (χ2n) is 8.27. The van der Waals surface area contributed by atoms with Gasteiger partial charge >= 0.3 is 0 Å². The molecule has 1 N–H and O–H groups in total. The average molecular weight is 456 g/mol. The zero-order valence-electron chi connectivity index (χ0n) is 19.4. The summed E-state index contributed by atoms with van der Waals surface area (Å²) in [5.74, 6) is -0.250. The van der Waals surface area contributed by atoms with Crippen molar-refractivity contribution < 1.29 is 4.79 Å². The number of hydrogen-bond donors (Lipinski definition) is 1. The molecule has 0 bridgehead atoms. The van der Waals surface area contributed by atoms with Crippen LogP contribution in [0.25, 0.3) is 28.2 Å². The minimum absolute atomic E-state index is 0.250. The maximum absolute atomic E-state index is 12.7. The fourth-order valence-electron chi connectivity index (χ4n) is 4.10. The molecule has 0 atom stereocenters. The molecule has 4 aromatic carbocycles.